The molecule has 0 saturated heterocycles. The molecule has 0 aliphatic rings. The zero-order valence-electron chi connectivity index (χ0n) is 11.7. The van der Waals surface area contributed by atoms with Crippen molar-refractivity contribution in [2.75, 3.05) is 12.8 Å². The summed E-state index contributed by atoms with van der Waals surface area (Å²) >= 11 is 0. The van der Waals surface area contributed by atoms with Crippen LogP contribution in [0.1, 0.15) is 5.56 Å². The molecule has 20 heavy (non-hydrogen) atoms. The molecule has 0 unspecified atom stereocenters. The molecule has 0 spiro atoms. The first-order valence-corrected chi connectivity index (χ1v) is 6.62. The molecule has 0 aliphatic carbocycles. The molecule has 0 bridgehead atoms. The molecule has 0 amide bonds. The highest BCUT2D eigenvalue weighted by molar-refractivity contribution is 5.89. The fourth-order valence-corrected chi connectivity index (χ4v) is 2.53. The van der Waals surface area contributed by atoms with Crippen LogP contribution in [0.2, 0.25) is 0 Å². The lowest BCUT2D eigenvalue weighted by Gasteiger charge is -2.09. The molecule has 0 saturated carbocycles. The fraction of sp³-hybridized carbons (Fsp3) is 0.111. The highest BCUT2D eigenvalue weighted by Crippen LogP contribution is 2.29. The molecule has 0 heterocycles. The predicted molar refractivity (Wildman–Crippen MR) is 85.1 cm³/mol. The molecule has 3 rings (SSSR count). The Bertz CT molecular complexity index is 777. The van der Waals surface area contributed by atoms with Crippen LogP contribution in [0, 0.1) is 6.92 Å². The van der Waals surface area contributed by atoms with E-state index in [9.17, 15) is 0 Å². The van der Waals surface area contributed by atoms with Gasteiger partial charge in [0.05, 0.1) is 7.11 Å². The van der Waals surface area contributed by atoms with Crippen molar-refractivity contribution in [2.24, 2.45) is 0 Å². The molecule has 0 aliphatic heterocycles. The van der Waals surface area contributed by atoms with Crippen molar-refractivity contribution >= 4 is 16.5 Å². The van der Waals surface area contributed by atoms with Crippen LogP contribution < -0.4 is 10.5 Å². The third kappa shape index (κ3) is 2.21. The Morgan fingerprint density at radius 2 is 1.60 bits per heavy atom. The van der Waals surface area contributed by atoms with Crippen LogP contribution in [0.5, 0.6) is 5.75 Å². The van der Waals surface area contributed by atoms with Gasteiger partial charge < -0.3 is 10.5 Å². The van der Waals surface area contributed by atoms with E-state index in [2.05, 4.69) is 43.3 Å². The highest BCUT2D eigenvalue weighted by atomic mass is 16.5. The maximum Gasteiger partial charge on any atom is 0.119 e. The van der Waals surface area contributed by atoms with Gasteiger partial charge in [-0.1, -0.05) is 24.3 Å². The first-order valence-electron chi connectivity index (χ1n) is 6.62. The standard InChI is InChI=1S/C18H17NO/c1-12-9-16(19)6-8-18(12)15-4-3-14-11-17(20-2)7-5-13(14)10-15/h3-11H,19H2,1-2H3. The molecule has 100 valence electrons. The topological polar surface area (TPSA) is 35.2 Å². The molecule has 2 N–H and O–H groups in total. The first-order chi connectivity index (χ1) is 9.67. The summed E-state index contributed by atoms with van der Waals surface area (Å²) in [5.41, 5.74) is 10.2. The summed E-state index contributed by atoms with van der Waals surface area (Å²) in [7, 11) is 1.69. The van der Waals surface area contributed by atoms with E-state index in [1.165, 1.54) is 27.5 Å². The average molecular weight is 263 g/mol. The number of anilines is 1. The predicted octanol–water partition coefficient (Wildman–Crippen LogP) is 4.41. The zero-order valence-corrected chi connectivity index (χ0v) is 11.7. The van der Waals surface area contributed by atoms with Gasteiger partial charge in [-0.05, 0) is 64.7 Å². The van der Waals surface area contributed by atoms with Crippen molar-refractivity contribution in [3.63, 3.8) is 0 Å². The second-order valence-electron chi connectivity index (χ2n) is 5.00. The number of aryl methyl sites for hydroxylation is 1. The molecule has 0 radical (unpaired) electrons. The van der Waals surface area contributed by atoms with E-state index in [-0.39, 0.29) is 0 Å². The molecule has 0 fully saturated rings. The van der Waals surface area contributed by atoms with Crippen LogP contribution in [0.15, 0.2) is 54.6 Å². The smallest absolute Gasteiger partial charge is 0.119 e. The van der Waals surface area contributed by atoms with Gasteiger partial charge in [-0.2, -0.15) is 0 Å². The van der Waals surface area contributed by atoms with Crippen molar-refractivity contribution in [1.82, 2.24) is 0 Å². The number of rotatable bonds is 2. The van der Waals surface area contributed by atoms with Gasteiger partial charge >= 0.3 is 0 Å². The summed E-state index contributed by atoms with van der Waals surface area (Å²) in [6.45, 7) is 2.09. The van der Waals surface area contributed by atoms with Crippen molar-refractivity contribution < 1.29 is 4.74 Å². The molecular formula is C18H17NO. The van der Waals surface area contributed by atoms with Crippen LogP contribution in [0.4, 0.5) is 5.69 Å². The summed E-state index contributed by atoms with van der Waals surface area (Å²) in [6, 6.07) is 18.6. The van der Waals surface area contributed by atoms with E-state index in [1.807, 2.05) is 18.2 Å². The number of hydrogen-bond acceptors (Lipinski definition) is 2. The van der Waals surface area contributed by atoms with Gasteiger partial charge in [0, 0.05) is 5.69 Å². The Morgan fingerprint density at radius 3 is 2.35 bits per heavy atom. The maximum absolute atomic E-state index is 5.81. The normalized spacial score (nSPS) is 10.7. The lowest BCUT2D eigenvalue weighted by Crippen LogP contribution is -1.89. The number of hydrogen-bond donors (Lipinski definition) is 1. The Morgan fingerprint density at radius 1 is 0.850 bits per heavy atom. The maximum atomic E-state index is 5.81. The van der Waals surface area contributed by atoms with Gasteiger partial charge in [0.25, 0.3) is 0 Å². The van der Waals surface area contributed by atoms with Gasteiger partial charge in [-0.3, -0.25) is 0 Å². The van der Waals surface area contributed by atoms with Crippen molar-refractivity contribution in [1.29, 1.82) is 0 Å². The SMILES string of the molecule is COc1ccc2cc(-c3ccc(N)cc3C)ccc2c1. The largest absolute Gasteiger partial charge is 0.497 e. The molecule has 3 aromatic carbocycles. The molecule has 2 nitrogen and oxygen atoms in total. The van der Waals surface area contributed by atoms with E-state index < -0.39 is 0 Å². The molecule has 0 atom stereocenters. The van der Waals surface area contributed by atoms with Crippen LogP contribution in [0.25, 0.3) is 21.9 Å². The molecule has 3 aromatic rings. The summed E-state index contributed by atoms with van der Waals surface area (Å²) in [5.74, 6) is 0.883. The summed E-state index contributed by atoms with van der Waals surface area (Å²) in [5, 5.41) is 2.39. The minimum absolute atomic E-state index is 0.803. The summed E-state index contributed by atoms with van der Waals surface area (Å²) in [6.07, 6.45) is 0. The van der Waals surface area contributed by atoms with E-state index in [0.717, 1.165) is 11.4 Å². The number of nitrogen functional groups attached to an aromatic ring is 1. The van der Waals surface area contributed by atoms with Gasteiger partial charge in [-0.25, -0.2) is 0 Å². The zero-order chi connectivity index (χ0) is 14.1. The minimum atomic E-state index is 0.803. The number of methoxy groups -OCH3 is 1. The Kier molecular flexibility index (Phi) is 3.07. The third-order valence-corrected chi connectivity index (χ3v) is 3.61. The fourth-order valence-electron chi connectivity index (χ4n) is 2.53. The Labute approximate surface area is 118 Å². The summed E-state index contributed by atoms with van der Waals surface area (Å²) in [4.78, 5) is 0. The van der Waals surface area contributed by atoms with Gasteiger partial charge in [0.2, 0.25) is 0 Å². The van der Waals surface area contributed by atoms with E-state index in [4.69, 9.17) is 10.5 Å². The van der Waals surface area contributed by atoms with Crippen molar-refractivity contribution in [3.05, 3.63) is 60.2 Å². The van der Waals surface area contributed by atoms with E-state index in [0.29, 0.717) is 0 Å². The highest BCUT2D eigenvalue weighted by Gasteiger charge is 2.04. The first kappa shape index (κ1) is 12.5. The monoisotopic (exact) mass is 263 g/mol. The quantitative estimate of drug-likeness (QED) is 0.695. The van der Waals surface area contributed by atoms with Crippen LogP contribution in [0.3, 0.4) is 0 Å². The number of fused-ring (bicyclic) bond motifs is 1. The number of nitrogens with two attached hydrogens (primary N) is 1. The molecule has 2 heteroatoms. The van der Waals surface area contributed by atoms with Gasteiger partial charge in [0.15, 0.2) is 0 Å². The van der Waals surface area contributed by atoms with Gasteiger partial charge in [-0.15, -0.1) is 0 Å². The number of benzene rings is 3. The summed E-state index contributed by atoms with van der Waals surface area (Å²) < 4.78 is 5.26. The van der Waals surface area contributed by atoms with Gasteiger partial charge in [0.1, 0.15) is 5.75 Å². The third-order valence-electron chi connectivity index (χ3n) is 3.61. The minimum Gasteiger partial charge on any atom is -0.497 e. The average Bonchev–Trinajstić information content (AvgIpc) is 2.46. The van der Waals surface area contributed by atoms with Crippen LogP contribution in [-0.2, 0) is 0 Å². The lowest BCUT2D eigenvalue weighted by molar-refractivity contribution is 0.415. The van der Waals surface area contributed by atoms with E-state index in [1.54, 1.807) is 7.11 Å². The van der Waals surface area contributed by atoms with Crippen molar-refractivity contribution in [3.8, 4) is 16.9 Å². The Hall–Kier alpha value is -2.48. The molecule has 0 aromatic heterocycles. The molecular weight excluding hydrogens is 246 g/mol. The Balaban J connectivity index is 2.13. The second-order valence-corrected chi connectivity index (χ2v) is 5.00. The van der Waals surface area contributed by atoms with Crippen molar-refractivity contribution in [2.45, 2.75) is 6.92 Å². The van der Waals surface area contributed by atoms with E-state index >= 15 is 0 Å². The van der Waals surface area contributed by atoms with Crippen LogP contribution in [-0.4, -0.2) is 7.11 Å². The lowest BCUT2D eigenvalue weighted by atomic mass is 9.97. The second kappa shape index (κ2) is 4.89. The van der Waals surface area contributed by atoms with Crippen LogP contribution >= 0.6 is 0 Å². The number of ether oxygens (including phenoxy) is 1.